The molecule has 0 aromatic rings. The van der Waals surface area contributed by atoms with Crippen molar-refractivity contribution in [3.63, 3.8) is 0 Å². The smallest absolute Gasteiger partial charge is 0.218 e. The third-order valence-corrected chi connectivity index (χ3v) is 1.57. The number of carbonyl (C=O) groups excluding carboxylic acids is 2. The molecule has 3 nitrogen and oxygen atoms in total. The summed E-state index contributed by atoms with van der Waals surface area (Å²) >= 11 is 0. The van der Waals surface area contributed by atoms with Crippen LogP contribution in [0.1, 0.15) is 27.2 Å². The van der Waals surface area contributed by atoms with E-state index in [0.717, 1.165) is 0 Å². The number of rotatable bonds is 3. The minimum Gasteiger partial charge on any atom is -0.370 e. The van der Waals surface area contributed by atoms with Crippen LogP contribution in [0, 0.1) is 5.41 Å². The molecule has 0 aliphatic heterocycles. The topological polar surface area (TPSA) is 60.2 Å². The van der Waals surface area contributed by atoms with Crippen molar-refractivity contribution in [1.82, 2.24) is 0 Å². The Bertz CT molecular complexity index is 161. The summed E-state index contributed by atoms with van der Waals surface area (Å²) < 4.78 is 0. The number of Topliss-reactive ketones (excluding diaryl/α,β-unsaturated/α-hetero) is 1. The second kappa shape index (κ2) is 2.82. The van der Waals surface area contributed by atoms with Crippen LogP contribution < -0.4 is 5.73 Å². The van der Waals surface area contributed by atoms with Crippen LogP contribution in [0.3, 0.4) is 0 Å². The third-order valence-electron chi connectivity index (χ3n) is 1.57. The van der Waals surface area contributed by atoms with Crippen molar-refractivity contribution in [1.29, 1.82) is 0 Å². The minimum atomic E-state index is -0.591. The van der Waals surface area contributed by atoms with Crippen LogP contribution in [0.2, 0.25) is 0 Å². The molecule has 0 aromatic carbocycles. The van der Waals surface area contributed by atoms with Gasteiger partial charge in [-0.2, -0.15) is 0 Å². The zero-order valence-electron chi connectivity index (χ0n) is 6.60. The maximum absolute atomic E-state index is 10.8. The number of carbonyl (C=O) groups is 2. The monoisotopic (exact) mass is 143 g/mol. The Morgan fingerprint density at radius 2 is 1.80 bits per heavy atom. The van der Waals surface area contributed by atoms with Crippen molar-refractivity contribution < 1.29 is 9.59 Å². The highest BCUT2D eigenvalue weighted by Crippen LogP contribution is 2.20. The lowest BCUT2D eigenvalue weighted by Gasteiger charge is -2.17. The van der Waals surface area contributed by atoms with Gasteiger partial charge in [0, 0.05) is 11.8 Å². The zero-order chi connectivity index (χ0) is 8.36. The van der Waals surface area contributed by atoms with E-state index in [1.807, 2.05) is 0 Å². The first-order chi connectivity index (χ1) is 4.36. The van der Waals surface area contributed by atoms with E-state index in [4.69, 9.17) is 5.73 Å². The highest BCUT2D eigenvalue weighted by molar-refractivity contribution is 5.87. The molecule has 0 saturated heterocycles. The summed E-state index contributed by atoms with van der Waals surface area (Å²) in [6.45, 7) is 4.88. The van der Waals surface area contributed by atoms with Crippen molar-refractivity contribution in [2.75, 3.05) is 0 Å². The molecule has 10 heavy (non-hydrogen) atoms. The lowest BCUT2D eigenvalue weighted by molar-refractivity contribution is -0.130. The summed E-state index contributed by atoms with van der Waals surface area (Å²) in [6.07, 6.45) is 0.127. The first-order valence-electron chi connectivity index (χ1n) is 3.15. The molecular weight excluding hydrogens is 130 g/mol. The van der Waals surface area contributed by atoms with Crippen LogP contribution >= 0.6 is 0 Å². The van der Waals surface area contributed by atoms with Gasteiger partial charge in [-0.25, -0.2) is 0 Å². The van der Waals surface area contributed by atoms with E-state index in [1.54, 1.807) is 13.8 Å². The van der Waals surface area contributed by atoms with Crippen molar-refractivity contribution >= 4 is 11.7 Å². The van der Waals surface area contributed by atoms with Crippen LogP contribution in [0.5, 0.6) is 0 Å². The lowest BCUT2D eigenvalue weighted by Crippen LogP contribution is -2.28. The van der Waals surface area contributed by atoms with Gasteiger partial charge in [0.15, 0.2) is 0 Å². The van der Waals surface area contributed by atoms with Crippen molar-refractivity contribution in [3.8, 4) is 0 Å². The molecule has 0 rings (SSSR count). The van der Waals surface area contributed by atoms with E-state index >= 15 is 0 Å². The summed E-state index contributed by atoms with van der Waals surface area (Å²) in [5, 5.41) is 0. The number of nitrogens with two attached hydrogens (primary N) is 1. The predicted molar refractivity (Wildman–Crippen MR) is 38.3 cm³/mol. The summed E-state index contributed by atoms with van der Waals surface area (Å²) in [5.74, 6) is -0.438. The second-order valence-electron chi connectivity index (χ2n) is 3.08. The Hall–Kier alpha value is -0.860. The van der Waals surface area contributed by atoms with Crippen LogP contribution in [0.15, 0.2) is 0 Å². The third kappa shape index (κ3) is 2.62. The molecular formula is C7H13NO2. The van der Waals surface area contributed by atoms with Gasteiger partial charge in [-0.1, -0.05) is 13.8 Å². The maximum Gasteiger partial charge on any atom is 0.218 e. The largest absolute Gasteiger partial charge is 0.370 e. The number of primary amides is 1. The van der Waals surface area contributed by atoms with Crippen molar-refractivity contribution in [2.45, 2.75) is 27.2 Å². The average Bonchev–Trinajstić information content (AvgIpc) is 1.60. The van der Waals surface area contributed by atoms with Gasteiger partial charge in [0.25, 0.3) is 0 Å². The summed E-state index contributed by atoms with van der Waals surface area (Å²) in [7, 11) is 0. The van der Waals surface area contributed by atoms with Gasteiger partial charge < -0.3 is 5.73 Å². The molecule has 2 N–H and O–H groups in total. The van der Waals surface area contributed by atoms with Crippen molar-refractivity contribution in [3.05, 3.63) is 0 Å². The molecule has 0 atom stereocenters. The molecule has 0 heterocycles. The average molecular weight is 143 g/mol. The standard InChI is InChI=1S/C7H13NO2/c1-5(9)7(2,3)4-6(8)10/h4H2,1-3H3,(H2,8,10). The summed E-state index contributed by atoms with van der Waals surface area (Å²) in [5.41, 5.74) is 4.33. The molecule has 0 bridgehead atoms. The minimum absolute atomic E-state index is 0.00806. The number of amides is 1. The Morgan fingerprint density at radius 3 is 1.90 bits per heavy atom. The molecule has 0 saturated carbocycles. The van der Waals surface area contributed by atoms with Gasteiger partial charge in [0.1, 0.15) is 5.78 Å². The van der Waals surface area contributed by atoms with Gasteiger partial charge in [-0.05, 0) is 6.92 Å². The molecule has 0 fully saturated rings. The highest BCUT2D eigenvalue weighted by Gasteiger charge is 2.25. The molecule has 0 aliphatic carbocycles. The Morgan fingerprint density at radius 1 is 1.40 bits per heavy atom. The molecule has 0 spiro atoms. The Balaban J connectivity index is 4.13. The molecule has 0 aromatic heterocycles. The molecule has 0 unspecified atom stereocenters. The van der Waals surface area contributed by atoms with Crippen molar-refractivity contribution in [2.24, 2.45) is 11.1 Å². The number of hydrogen-bond donors (Lipinski definition) is 1. The van der Waals surface area contributed by atoms with E-state index < -0.39 is 11.3 Å². The Kier molecular flexibility index (Phi) is 2.57. The predicted octanol–water partition coefficient (Wildman–Crippen LogP) is 0.477. The molecule has 58 valence electrons. The summed E-state index contributed by atoms with van der Waals surface area (Å²) in [6, 6.07) is 0. The maximum atomic E-state index is 10.8. The molecule has 1 amide bonds. The zero-order valence-corrected chi connectivity index (χ0v) is 6.60. The van der Waals surface area contributed by atoms with Gasteiger partial charge in [-0.3, -0.25) is 9.59 Å². The first-order valence-corrected chi connectivity index (χ1v) is 3.15. The SMILES string of the molecule is CC(=O)C(C)(C)CC(N)=O. The van der Waals surface area contributed by atoms with Gasteiger partial charge in [0.2, 0.25) is 5.91 Å². The fourth-order valence-corrected chi connectivity index (χ4v) is 0.560. The number of ketones is 1. The van der Waals surface area contributed by atoms with E-state index in [2.05, 4.69) is 0 Å². The second-order valence-corrected chi connectivity index (χ2v) is 3.08. The van der Waals surface area contributed by atoms with E-state index in [0.29, 0.717) is 0 Å². The normalized spacial score (nSPS) is 11.1. The molecule has 0 radical (unpaired) electrons. The van der Waals surface area contributed by atoms with Crippen LogP contribution in [0.25, 0.3) is 0 Å². The first kappa shape index (κ1) is 9.14. The van der Waals surface area contributed by atoms with Gasteiger partial charge >= 0.3 is 0 Å². The van der Waals surface area contributed by atoms with Crippen LogP contribution in [-0.4, -0.2) is 11.7 Å². The summed E-state index contributed by atoms with van der Waals surface area (Å²) in [4.78, 5) is 21.2. The van der Waals surface area contributed by atoms with Crippen LogP contribution in [0.4, 0.5) is 0 Å². The fraction of sp³-hybridized carbons (Fsp3) is 0.714. The quantitative estimate of drug-likeness (QED) is 0.624. The van der Waals surface area contributed by atoms with Gasteiger partial charge in [-0.15, -0.1) is 0 Å². The van der Waals surface area contributed by atoms with Gasteiger partial charge in [0.05, 0.1) is 0 Å². The molecule has 3 heteroatoms. The molecule has 0 aliphatic rings. The van der Waals surface area contributed by atoms with E-state index in [9.17, 15) is 9.59 Å². The fourth-order valence-electron chi connectivity index (χ4n) is 0.560. The lowest BCUT2D eigenvalue weighted by atomic mass is 9.85. The highest BCUT2D eigenvalue weighted by atomic mass is 16.1. The number of hydrogen-bond acceptors (Lipinski definition) is 2. The van der Waals surface area contributed by atoms with E-state index in [-0.39, 0.29) is 12.2 Å². The Labute approximate surface area is 60.6 Å². The van der Waals surface area contributed by atoms with E-state index in [1.165, 1.54) is 6.92 Å². The van der Waals surface area contributed by atoms with Crippen LogP contribution in [-0.2, 0) is 9.59 Å².